The summed E-state index contributed by atoms with van der Waals surface area (Å²) in [4.78, 5) is 31.5. The molecule has 2 aliphatic heterocycles. The molecule has 2 heterocycles. The molecule has 0 spiro atoms. The number of rotatable bonds is 6. The van der Waals surface area contributed by atoms with Crippen molar-refractivity contribution in [2.45, 2.75) is 64.3 Å². The first-order valence-electron chi connectivity index (χ1n) is 14.4. The number of aryl methyl sites for hydroxylation is 1. The molecule has 2 saturated heterocycles. The van der Waals surface area contributed by atoms with Gasteiger partial charge in [-0.3, -0.25) is 14.5 Å². The zero-order valence-corrected chi connectivity index (χ0v) is 23.8. The maximum absolute atomic E-state index is 14.9. The van der Waals surface area contributed by atoms with E-state index in [1.54, 1.807) is 24.0 Å². The van der Waals surface area contributed by atoms with Crippen LogP contribution in [0.2, 0.25) is 0 Å². The normalized spacial score (nSPS) is 21.4. The number of nitrogens with zero attached hydrogens (tertiary/aromatic N) is 2. The molecule has 0 saturated carbocycles. The lowest BCUT2D eigenvalue weighted by Gasteiger charge is -2.41. The first-order chi connectivity index (χ1) is 20.0. The molecule has 5 rings (SSSR count). The SMILES string of the molecule is Cc1cccc(F)c1C(=O)N1CCC[C@H](C(=O)Nc2cccc(C(F)(F)F)c2)[C@@H]1c1ccc(CN2CCCC2C)cc1. The fourth-order valence-electron chi connectivity index (χ4n) is 6.25. The van der Waals surface area contributed by atoms with E-state index in [4.69, 9.17) is 0 Å². The van der Waals surface area contributed by atoms with E-state index in [-0.39, 0.29) is 11.3 Å². The minimum absolute atomic E-state index is 0.0251. The zero-order chi connectivity index (χ0) is 30.0. The molecule has 0 radical (unpaired) electrons. The summed E-state index contributed by atoms with van der Waals surface area (Å²) < 4.78 is 54.8. The van der Waals surface area contributed by atoms with E-state index in [0.717, 1.165) is 49.2 Å². The van der Waals surface area contributed by atoms with Gasteiger partial charge in [0.1, 0.15) is 5.82 Å². The summed E-state index contributed by atoms with van der Waals surface area (Å²) >= 11 is 0. The monoisotopic (exact) mass is 581 g/mol. The van der Waals surface area contributed by atoms with E-state index in [0.29, 0.717) is 31.0 Å². The fraction of sp³-hybridized carbons (Fsp3) is 0.394. The van der Waals surface area contributed by atoms with Crippen LogP contribution >= 0.6 is 0 Å². The second kappa shape index (κ2) is 12.3. The largest absolute Gasteiger partial charge is 0.416 e. The Balaban J connectivity index is 1.47. The van der Waals surface area contributed by atoms with Crippen LogP contribution in [0.5, 0.6) is 0 Å². The molecular formula is C33H35F4N3O2. The quantitative estimate of drug-likeness (QED) is 0.309. The third-order valence-corrected chi connectivity index (χ3v) is 8.52. The van der Waals surface area contributed by atoms with E-state index in [1.807, 2.05) is 24.3 Å². The lowest BCUT2D eigenvalue weighted by Crippen LogP contribution is -2.46. The molecule has 0 bridgehead atoms. The first-order valence-corrected chi connectivity index (χ1v) is 14.4. The number of nitrogens with one attached hydrogen (secondary N) is 1. The molecule has 2 amide bonds. The van der Waals surface area contributed by atoms with E-state index in [2.05, 4.69) is 17.1 Å². The van der Waals surface area contributed by atoms with Crippen LogP contribution in [0.1, 0.15) is 71.3 Å². The van der Waals surface area contributed by atoms with Crippen molar-refractivity contribution >= 4 is 17.5 Å². The third kappa shape index (κ3) is 6.36. The Morgan fingerprint density at radius 3 is 2.33 bits per heavy atom. The Kier molecular flexibility index (Phi) is 8.68. The van der Waals surface area contributed by atoms with E-state index in [9.17, 15) is 27.2 Å². The number of halogens is 4. The first kappa shape index (κ1) is 29.8. The molecular weight excluding hydrogens is 546 g/mol. The minimum atomic E-state index is -4.55. The van der Waals surface area contributed by atoms with Crippen molar-refractivity contribution < 1.29 is 27.2 Å². The molecule has 3 aromatic rings. The van der Waals surface area contributed by atoms with Gasteiger partial charge in [-0.25, -0.2) is 4.39 Å². The lowest BCUT2D eigenvalue weighted by molar-refractivity contribution is -0.137. The molecule has 1 unspecified atom stereocenters. The van der Waals surface area contributed by atoms with Gasteiger partial charge in [0.2, 0.25) is 5.91 Å². The van der Waals surface area contributed by atoms with Crippen molar-refractivity contribution in [2.75, 3.05) is 18.4 Å². The topological polar surface area (TPSA) is 52.7 Å². The molecule has 9 heteroatoms. The summed E-state index contributed by atoms with van der Waals surface area (Å²) in [5.74, 6) is -2.39. The molecule has 0 aromatic heterocycles. The molecule has 0 aliphatic carbocycles. The Hall–Kier alpha value is -3.72. The number of piperidine rings is 1. The van der Waals surface area contributed by atoms with Crippen LogP contribution in [0.15, 0.2) is 66.7 Å². The molecule has 2 fully saturated rings. The third-order valence-electron chi connectivity index (χ3n) is 8.52. The van der Waals surface area contributed by atoms with Gasteiger partial charge in [0, 0.05) is 24.8 Å². The van der Waals surface area contributed by atoms with Crippen LogP contribution in [0.4, 0.5) is 23.2 Å². The molecule has 3 aromatic carbocycles. The highest BCUT2D eigenvalue weighted by molar-refractivity contribution is 5.98. The number of anilines is 1. The molecule has 3 atom stereocenters. The minimum Gasteiger partial charge on any atom is -0.331 e. The Morgan fingerprint density at radius 2 is 1.67 bits per heavy atom. The van der Waals surface area contributed by atoms with Gasteiger partial charge in [-0.15, -0.1) is 0 Å². The van der Waals surface area contributed by atoms with Gasteiger partial charge in [-0.05, 0) is 87.0 Å². The summed E-state index contributed by atoms with van der Waals surface area (Å²) in [6.45, 7) is 6.03. The van der Waals surface area contributed by atoms with Gasteiger partial charge >= 0.3 is 6.18 Å². The highest BCUT2D eigenvalue weighted by Crippen LogP contribution is 2.39. The maximum atomic E-state index is 14.9. The number of carbonyl (C=O) groups excluding carboxylic acids is 2. The Morgan fingerprint density at radius 1 is 0.952 bits per heavy atom. The van der Waals surface area contributed by atoms with Gasteiger partial charge in [-0.1, -0.05) is 42.5 Å². The summed E-state index contributed by atoms with van der Waals surface area (Å²) in [5, 5.41) is 2.65. The highest BCUT2D eigenvalue weighted by Gasteiger charge is 2.41. The Bertz CT molecular complexity index is 1420. The van der Waals surface area contributed by atoms with Crippen molar-refractivity contribution in [1.82, 2.24) is 9.80 Å². The maximum Gasteiger partial charge on any atom is 0.416 e. The zero-order valence-electron chi connectivity index (χ0n) is 23.8. The molecule has 42 heavy (non-hydrogen) atoms. The van der Waals surface area contributed by atoms with Gasteiger partial charge in [0.15, 0.2) is 0 Å². The second-order valence-corrected chi connectivity index (χ2v) is 11.4. The smallest absolute Gasteiger partial charge is 0.331 e. The summed E-state index contributed by atoms with van der Waals surface area (Å²) in [5.41, 5.74) is 1.44. The summed E-state index contributed by atoms with van der Waals surface area (Å²) in [6, 6.07) is 16.5. The van der Waals surface area contributed by atoms with Crippen molar-refractivity contribution in [1.29, 1.82) is 0 Å². The van der Waals surface area contributed by atoms with Crippen molar-refractivity contribution in [3.63, 3.8) is 0 Å². The number of likely N-dealkylation sites (tertiary alicyclic amines) is 2. The Labute approximate surface area is 243 Å². The van der Waals surface area contributed by atoms with Gasteiger partial charge < -0.3 is 10.2 Å². The van der Waals surface area contributed by atoms with Crippen LogP contribution < -0.4 is 5.32 Å². The summed E-state index contributed by atoms with van der Waals surface area (Å²) in [7, 11) is 0. The number of carbonyl (C=O) groups is 2. The van der Waals surface area contributed by atoms with Crippen LogP contribution in [-0.4, -0.2) is 40.7 Å². The predicted octanol–water partition coefficient (Wildman–Crippen LogP) is 7.37. The fourth-order valence-corrected chi connectivity index (χ4v) is 6.25. The predicted molar refractivity (Wildman–Crippen MR) is 153 cm³/mol. The summed E-state index contributed by atoms with van der Waals surface area (Å²) in [6.07, 6.45) is -1.32. The van der Waals surface area contributed by atoms with E-state index in [1.165, 1.54) is 18.2 Å². The highest BCUT2D eigenvalue weighted by atomic mass is 19.4. The number of alkyl halides is 3. The average Bonchev–Trinajstić information content (AvgIpc) is 3.36. The van der Waals surface area contributed by atoms with E-state index < -0.39 is 41.3 Å². The molecule has 2 aliphatic rings. The van der Waals surface area contributed by atoms with Crippen LogP contribution in [0, 0.1) is 18.7 Å². The van der Waals surface area contributed by atoms with Crippen LogP contribution in [0.3, 0.4) is 0 Å². The number of hydrogen-bond acceptors (Lipinski definition) is 3. The lowest BCUT2D eigenvalue weighted by atomic mass is 9.83. The van der Waals surface area contributed by atoms with E-state index >= 15 is 0 Å². The van der Waals surface area contributed by atoms with Gasteiger partial charge in [0.25, 0.3) is 5.91 Å². The molecule has 5 nitrogen and oxygen atoms in total. The van der Waals surface area contributed by atoms with Crippen molar-refractivity contribution in [3.05, 3.63) is 100 Å². The average molecular weight is 582 g/mol. The van der Waals surface area contributed by atoms with Gasteiger partial charge in [-0.2, -0.15) is 13.2 Å². The van der Waals surface area contributed by atoms with Gasteiger partial charge in [0.05, 0.1) is 23.1 Å². The molecule has 1 N–H and O–H groups in total. The van der Waals surface area contributed by atoms with Crippen LogP contribution in [0.25, 0.3) is 0 Å². The standard InChI is InChI=1S/C33H35F4N3O2/c1-21-7-3-12-28(34)29(21)32(42)40-18-6-11-27(31(41)38-26-10-4-9-25(19-26)33(35,36)37)30(40)24-15-13-23(14-16-24)20-39-17-5-8-22(39)2/h3-4,7,9-10,12-16,19,22,27,30H,5-6,8,11,17-18,20H2,1-2H3,(H,38,41)/t22?,27-,30-/m0/s1. The second-order valence-electron chi connectivity index (χ2n) is 11.4. The number of benzene rings is 3. The van der Waals surface area contributed by atoms with Crippen LogP contribution in [-0.2, 0) is 17.5 Å². The number of hydrogen-bond donors (Lipinski definition) is 1. The van der Waals surface area contributed by atoms with Crippen molar-refractivity contribution in [2.24, 2.45) is 5.92 Å². The van der Waals surface area contributed by atoms with Crippen molar-refractivity contribution in [3.8, 4) is 0 Å². The number of amides is 2. The molecule has 222 valence electrons.